The van der Waals surface area contributed by atoms with E-state index in [1.165, 1.54) is 4.88 Å². The summed E-state index contributed by atoms with van der Waals surface area (Å²) in [5, 5.41) is 17.2. The largest absolute Gasteiger partial charge is 0.396 e. The molecular formula is C15H22N4OS. The number of aliphatic hydroxyl groups excluding tert-OH is 1. The molecule has 21 heavy (non-hydrogen) atoms. The number of rotatable bonds is 7. The van der Waals surface area contributed by atoms with Gasteiger partial charge < -0.3 is 15.7 Å². The van der Waals surface area contributed by atoms with Crippen LogP contribution in [-0.2, 0) is 0 Å². The van der Waals surface area contributed by atoms with Crippen LogP contribution in [0.25, 0.3) is 10.2 Å². The Morgan fingerprint density at radius 3 is 2.81 bits per heavy atom. The first-order valence-electron chi connectivity index (χ1n) is 7.52. The van der Waals surface area contributed by atoms with Gasteiger partial charge in [-0.05, 0) is 32.3 Å². The second kappa shape index (κ2) is 5.77. The molecule has 2 aromatic rings. The van der Waals surface area contributed by atoms with E-state index in [-0.39, 0.29) is 12.0 Å². The second-order valence-electron chi connectivity index (χ2n) is 5.91. The number of nitrogens with zero attached hydrogens (tertiary/aromatic N) is 2. The van der Waals surface area contributed by atoms with Crippen LogP contribution < -0.4 is 10.6 Å². The van der Waals surface area contributed by atoms with E-state index < -0.39 is 0 Å². The van der Waals surface area contributed by atoms with Crippen molar-refractivity contribution in [1.82, 2.24) is 9.97 Å². The zero-order valence-corrected chi connectivity index (χ0v) is 13.4. The van der Waals surface area contributed by atoms with Crippen molar-refractivity contribution in [3.05, 3.63) is 10.9 Å². The van der Waals surface area contributed by atoms with Crippen LogP contribution in [0.2, 0.25) is 0 Å². The Labute approximate surface area is 128 Å². The molecule has 1 fully saturated rings. The predicted molar refractivity (Wildman–Crippen MR) is 88.2 cm³/mol. The minimum Gasteiger partial charge on any atom is -0.396 e. The SMILES string of the molecule is CCCNc1nc(NCC2(CO)CC2)c2cc(C)sc2n1. The van der Waals surface area contributed by atoms with Crippen molar-refractivity contribution in [1.29, 1.82) is 0 Å². The first kappa shape index (κ1) is 14.5. The number of anilines is 2. The molecule has 0 saturated heterocycles. The van der Waals surface area contributed by atoms with Crippen molar-refractivity contribution in [3.8, 4) is 0 Å². The third-order valence-corrected chi connectivity index (χ3v) is 4.92. The van der Waals surface area contributed by atoms with Crippen molar-refractivity contribution >= 4 is 33.3 Å². The van der Waals surface area contributed by atoms with Gasteiger partial charge in [0.25, 0.3) is 0 Å². The van der Waals surface area contributed by atoms with Crippen molar-refractivity contribution in [2.45, 2.75) is 33.1 Å². The van der Waals surface area contributed by atoms with Gasteiger partial charge in [-0.15, -0.1) is 11.3 Å². The summed E-state index contributed by atoms with van der Waals surface area (Å²) in [4.78, 5) is 11.4. The number of hydrogen-bond donors (Lipinski definition) is 3. The molecule has 0 spiro atoms. The first-order chi connectivity index (χ1) is 10.2. The fourth-order valence-electron chi connectivity index (χ4n) is 2.33. The average molecular weight is 306 g/mol. The van der Waals surface area contributed by atoms with E-state index in [2.05, 4.69) is 40.5 Å². The minimum atomic E-state index is 0.0688. The van der Waals surface area contributed by atoms with Crippen LogP contribution in [0.3, 0.4) is 0 Å². The third kappa shape index (κ3) is 3.11. The molecule has 0 amide bonds. The molecule has 114 valence electrons. The van der Waals surface area contributed by atoms with Crippen molar-refractivity contribution in [2.24, 2.45) is 5.41 Å². The Balaban J connectivity index is 1.86. The summed E-state index contributed by atoms with van der Waals surface area (Å²) in [6, 6.07) is 2.13. The maximum Gasteiger partial charge on any atom is 0.226 e. The summed E-state index contributed by atoms with van der Waals surface area (Å²) in [6.45, 7) is 6.11. The highest BCUT2D eigenvalue weighted by Gasteiger charge is 2.41. The van der Waals surface area contributed by atoms with E-state index in [4.69, 9.17) is 0 Å². The third-order valence-electron chi connectivity index (χ3n) is 3.97. The molecule has 1 aliphatic carbocycles. The molecule has 0 aliphatic heterocycles. The van der Waals surface area contributed by atoms with E-state index in [0.717, 1.165) is 48.4 Å². The molecule has 0 aromatic carbocycles. The van der Waals surface area contributed by atoms with Gasteiger partial charge in [-0.2, -0.15) is 4.98 Å². The first-order valence-corrected chi connectivity index (χ1v) is 8.34. The molecule has 5 nitrogen and oxygen atoms in total. The zero-order chi connectivity index (χ0) is 14.9. The Bertz CT molecular complexity index is 636. The van der Waals surface area contributed by atoms with Crippen LogP contribution in [0.4, 0.5) is 11.8 Å². The van der Waals surface area contributed by atoms with E-state index in [1.807, 2.05) is 0 Å². The van der Waals surface area contributed by atoms with Crippen LogP contribution >= 0.6 is 11.3 Å². The topological polar surface area (TPSA) is 70.1 Å². The molecular weight excluding hydrogens is 284 g/mol. The maximum atomic E-state index is 9.44. The highest BCUT2D eigenvalue weighted by Crippen LogP contribution is 2.45. The van der Waals surface area contributed by atoms with E-state index >= 15 is 0 Å². The van der Waals surface area contributed by atoms with Gasteiger partial charge >= 0.3 is 0 Å². The minimum absolute atomic E-state index is 0.0688. The normalized spacial score (nSPS) is 16.1. The summed E-state index contributed by atoms with van der Waals surface area (Å²) in [6.07, 6.45) is 3.23. The van der Waals surface area contributed by atoms with Crippen LogP contribution in [-0.4, -0.2) is 34.8 Å². The molecule has 0 unspecified atom stereocenters. The number of hydrogen-bond acceptors (Lipinski definition) is 6. The smallest absolute Gasteiger partial charge is 0.226 e. The van der Waals surface area contributed by atoms with Crippen LogP contribution in [0.5, 0.6) is 0 Å². The lowest BCUT2D eigenvalue weighted by atomic mass is 10.1. The molecule has 0 atom stereocenters. The second-order valence-corrected chi connectivity index (χ2v) is 7.14. The lowest BCUT2D eigenvalue weighted by Crippen LogP contribution is -2.20. The number of thiophene rings is 1. The highest BCUT2D eigenvalue weighted by molar-refractivity contribution is 7.18. The lowest BCUT2D eigenvalue weighted by molar-refractivity contribution is 0.219. The molecule has 1 saturated carbocycles. The van der Waals surface area contributed by atoms with Gasteiger partial charge in [0.15, 0.2) is 0 Å². The molecule has 0 radical (unpaired) electrons. The van der Waals surface area contributed by atoms with E-state index in [1.54, 1.807) is 11.3 Å². The van der Waals surface area contributed by atoms with Crippen molar-refractivity contribution < 1.29 is 5.11 Å². The van der Waals surface area contributed by atoms with Crippen LogP contribution in [0.1, 0.15) is 31.1 Å². The highest BCUT2D eigenvalue weighted by atomic mass is 32.1. The zero-order valence-electron chi connectivity index (χ0n) is 12.6. The molecule has 2 heterocycles. The summed E-state index contributed by atoms with van der Waals surface area (Å²) >= 11 is 1.69. The summed E-state index contributed by atoms with van der Waals surface area (Å²) in [5.74, 6) is 1.56. The number of fused-ring (bicyclic) bond motifs is 1. The van der Waals surface area contributed by atoms with Gasteiger partial charge in [0.2, 0.25) is 5.95 Å². The summed E-state index contributed by atoms with van der Waals surface area (Å²) < 4.78 is 0. The number of aryl methyl sites for hydroxylation is 1. The fourth-order valence-corrected chi connectivity index (χ4v) is 3.21. The molecule has 6 heteroatoms. The maximum absolute atomic E-state index is 9.44. The Morgan fingerprint density at radius 1 is 1.33 bits per heavy atom. The van der Waals surface area contributed by atoms with E-state index in [0.29, 0.717) is 5.95 Å². The van der Waals surface area contributed by atoms with Gasteiger partial charge in [0.1, 0.15) is 10.6 Å². The lowest BCUT2D eigenvalue weighted by Gasteiger charge is -2.14. The van der Waals surface area contributed by atoms with Crippen LogP contribution in [0.15, 0.2) is 6.07 Å². The number of nitrogens with one attached hydrogen (secondary N) is 2. The van der Waals surface area contributed by atoms with Gasteiger partial charge in [0.05, 0.1) is 12.0 Å². The van der Waals surface area contributed by atoms with Gasteiger partial charge in [0, 0.05) is 23.4 Å². The molecule has 3 rings (SSSR count). The predicted octanol–water partition coefficient (Wildman–Crippen LogP) is 3.01. The molecule has 1 aliphatic rings. The van der Waals surface area contributed by atoms with Gasteiger partial charge in [-0.3, -0.25) is 0 Å². The van der Waals surface area contributed by atoms with Crippen molar-refractivity contribution in [2.75, 3.05) is 30.3 Å². The van der Waals surface area contributed by atoms with Gasteiger partial charge in [-0.1, -0.05) is 6.92 Å². The standard InChI is InChI=1S/C15H22N4OS/c1-3-6-16-14-18-12(17-8-15(9-20)4-5-15)11-7-10(2)21-13(11)19-14/h7,20H,3-6,8-9H2,1-2H3,(H2,16,17,18,19). The Morgan fingerprint density at radius 2 is 2.14 bits per heavy atom. The van der Waals surface area contributed by atoms with Crippen molar-refractivity contribution in [3.63, 3.8) is 0 Å². The average Bonchev–Trinajstić information content (AvgIpc) is 3.17. The monoisotopic (exact) mass is 306 g/mol. The van der Waals surface area contributed by atoms with E-state index in [9.17, 15) is 5.11 Å². The molecule has 0 bridgehead atoms. The Hall–Kier alpha value is -1.40. The van der Waals surface area contributed by atoms with Crippen LogP contribution in [0, 0.1) is 12.3 Å². The molecule has 3 N–H and O–H groups in total. The summed E-state index contributed by atoms with van der Waals surface area (Å²) in [5.41, 5.74) is 0.0688. The number of aromatic nitrogens is 2. The Kier molecular flexibility index (Phi) is 3.99. The quantitative estimate of drug-likeness (QED) is 0.733. The van der Waals surface area contributed by atoms with Gasteiger partial charge in [-0.25, -0.2) is 4.98 Å². The summed E-state index contributed by atoms with van der Waals surface area (Å²) in [7, 11) is 0. The number of aliphatic hydroxyl groups is 1. The fraction of sp³-hybridized carbons (Fsp3) is 0.600. The molecule has 2 aromatic heterocycles.